The molecule has 0 fully saturated rings. The van der Waals surface area contributed by atoms with Crippen LogP contribution in [0, 0.1) is 0 Å². The largest absolute Gasteiger partial charge is 0.508 e. The Labute approximate surface area is 111 Å². The first-order valence-corrected chi connectivity index (χ1v) is 6.70. The lowest BCUT2D eigenvalue weighted by Crippen LogP contribution is -2.12. The van der Waals surface area contributed by atoms with Crippen molar-refractivity contribution in [3.63, 3.8) is 0 Å². The number of ether oxygens (including phenoxy) is 1. The minimum Gasteiger partial charge on any atom is -0.508 e. The Hall–Kier alpha value is -1.64. The van der Waals surface area contributed by atoms with Crippen LogP contribution in [-0.4, -0.2) is 35.2 Å². The topological polar surface area (TPSA) is 121 Å². The van der Waals surface area contributed by atoms with Crippen molar-refractivity contribution in [3.05, 3.63) is 29.8 Å². The minimum absolute atomic E-state index is 0.199. The molecule has 1 rings (SSSR count). The summed E-state index contributed by atoms with van der Waals surface area (Å²) in [6, 6.07) is 6.56. The molecule has 19 heavy (non-hydrogen) atoms. The van der Waals surface area contributed by atoms with Crippen LogP contribution in [0.2, 0.25) is 0 Å². The highest BCUT2D eigenvalue weighted by Gasteiger charge is 2.15. The fourth-order valence-corrected chi connectivity index (χ4v) is 1.17. The predicted octanol–water partition coefficient (Wildman–Crippen LogP) is 1.41. The van der Waals surface area contributed by atoms with Crippen LogP contribution in [0.5, 0.6) is 5.75 Å². The zero-order chi connectivity index (χ0) is 15.1. The molecule has 0 amide bonds. The van der Waals surface area contributed by atoms with Gasteiger partial charge in [-0.25, -0.2) is 0 Å². The van der Waals surface area contributed by atoms with Crippen LogP contribution in [0.4, 0.5) is 0 Å². The second kappa shape index (κ2) is 7.72. The molecule has 0 aliphatic rings. The Balaban J connectivity index is 0.000000555. The molecule has 1 atom stereocenters. The first-order chi connectivity index (χ1) is 8.65. The molecule has 0 saturated heterocycles. The molecule has 1 aromatic carbocycles. The third-order valence-electron chi connectivity index (χ3n) is 2.03. The molecule has 1 aromatic rings. The number of phenols is 1. The Morgan fingerprint density at radius 2 is 1.68 bits per heavy atom. The third-order valence-corrected chi connectivity index (χ3v) is 2.03. The summed E-state index contributed by atoms with van der Waals surface area (Å²) in [6.07, 6.45) is 0. The molecule has 1 unspecified atom stereocenters. The van der Waals surface area contributed by atoms with Crippen molar-refractivity contribution in [1.82, 2.24) is 0 Å². The lowest BCUT2D eigenvalue weighted by Gasteiger charge is -2.10. The highest BCUT2D eigenvalue weighted by atomic mass is 32.3. The zero-order valence-corrected chi connectivity index (χ0v) is 11.3. The first-order valence-electron chi connectivity index (χ1n) is 5.30. The van der Waals surface area contributed by atoms with Gasteiger partial charge >= 0.3 is 16.4 Å². The van der Waals surface area contributed by atoms with Gasteiger partial charge in [-0.15, -0.1) is 0 Å². The molecule has 0 radical (unpaired) electrons. The molecular weight excluding hydrogens is 276 g/mol. The SMILES string of the molecule is CCOC(=O)C(C)c1ccc(O)cc1.O=S(=O)(O)O. The standard InChI is InChI=1S/C11H14O3.H2O4S/c1-3-14-11(13)8(2)9-4-6-10(12)7-5-9;1-5(2,3)4/h4-8,12H,3H2,1-2H3;(H2,1,2,3,4). The number of carbonyl (C=O) groups excluding carboxylic acids is 1. The van der Waals surface area contributed by atoms with Crippen LogP contribution >= 0.6 is 0 Å². The van der Waals surface area contributed by atoms with Crippen molar-refractivity contribution >= 4 is 16.4 Å². The van der Waals surface area contributed by atoms with Gasteiger partial charge < -0.3 is 9.84 Å². The van der Waals surface area contributed by atoms with Crippen LogP contribution in [-0.2, 0) is 19.9 Å². The zero-order valence-electron chi connectivity index (χ0n) is 10.5. The minimum atomic E-state index is -4.67. The Morgan fingerprint density at radius 1 is 1.26 bits per heavy atom. The first kappa shape index (κ1) is 17.4. The van der Waals surface area contributed by atoms with Gasteiger partial charge in [0.05, 0.1) is 12.5 Å². The number of esters is 1. The van der Waals surface area contributed by atoms with Crippen molar-refractivity contribution in [3.8, 4) is 5.75 Å². The highest BCUT2D eigenvalue weighted by Crippen LogP contribution is 2.19. The van der Waals surface area contributed by atoms with Crippen LogP contribution in [0.3, 0.4) is 0 Å². The summed E-state index contributed by atoms with van der Waals surface area (Å²) in [7, 11) is -4.67. The summed E-state index contributed by atoms with van der Waals surface area (Å²) >= 11 is 0. The van der Waals surface area contributed by atoms with E-state index in [9.17, 15) is 4.79 Å². The number of benzene rings is 1. The molecule has 108 valence electrons. The van der Waals surface area contributed by atoms with E-state index in [0.29, 0.717) is 6.61 Å². The fraction of sp³-hybridized carbons (Fsp3) is 0.364. The van der Waals surface area contributed by atoms with Gasteiger partial charge in [0.1, 0.15) is 5.75 Å². The van der Waals surface area contributed by atoms with Gasteiger partial charge in [0.2, 0.25) is 0 Å². The van der Waals surface area contributed by atoms with Crippen LogP contribution in [0.1, 0.15) is 25.3 Å². The van der Waals surface area contributed by atoms with Crippen molar-refractivity contribution in [2.24, 2.45) is 0 Å². The average Bonchev–Trinajstić information content (AvgIpc) is 2.27. The van der Waals surface area contributed by atoms with E-state index in [1.54, 1.807) is 38.1 Å². The van der Waals surface area contributed by atoms with E-state index >= 15 is 0 Å². The Kier molecular flexibility index (Phi) is 7.05. The number of carbonyl (C=O) groups is 1. The highest BCUT2D eigenvalue weighted by molar-refractivity contribution is 7.79. The molecule has 0 spiro atoms. The van der Waals surface area contributed by atoms with E-state index in [1.165, 1.54) is 0 Å². The quantitative estimate of drug-likeness (QED) is 0.568. The maximum Gasteiger partial charge on any atom is 0.394 e. The number of phenolic OH excluding ortho intramolecular Hbond substituents is 1. The van der Waals surface area contributed by atoms with Gasteiger partial charge in [-0.2, -0.15) is 8.42 Å². The molecule has 7 nitrogen and oxygen atoms in total. The lowest BCUT2D eigenvalue weighted by molar-refractivity contribution is -0.144. The van der Waals surface area contributed by atoms with Gasteiger partial charge in [0.25, 0.3) is 0 Å². The maximum atomic E-state index is 11.3. The Bertz CT molecular complexity index is 484. The second-order valence-corrected chi connectivity index (χ2v) is 4.41. The maximum absolute atomic E-state index is 11.3. The van der Waals surface area contributed by atoms with Crippen LogP contribution in [0.25, 0.3) is 0 Å². The van der Waals surface area contributed by atoms with Gasteiger partial charge in [-0.1, -0.05) is 12.1 Å². The third kappa shape index (κ3) is 9.00. The molecule has 0 aliphatic carbocycles. The van der Waals surface area contributed by atoms with Gasteiger partial charge in [0, 0.05) is 0 Å². The molecular formula is C11H16O7S. The van der Waals surface area contributed by atoms with Crippen molar-refractivity contribution in [2.75, 3.05) is 6.61 Å². The van der Waals surface area contributed by atoms with Gasteiger partial charge in [0.15, 0.2) is 0 Å². The fourth-order valence-electron chi connectivity index (χ4n) is 1.17. The smallest absolute Gasteiger partial charge is 0.394 e. The molecule has 0 bridgehead atoms. The number of hydrogen-bond donors (Lipinski definition) is 3. The van der Waals surface area contributed by atoms with E-state index in [2.05, 4.69) is 0 Å². The van der Waals surface area contributed by atoms with Crippen molar-refractivity contribution in [1.29, 1.82) is 0 Å². The van der Waals surface area contributed by atoms with Crippen molar-refractivity contribution < 1.29 is 32.2 Å². The van der Waals surface area contributed by atoms with Gasteiger partial charge in [-0.3, -0.25) is 13.9 Å². The van der Waals surface area contributed by atoms with E-state index in [-0.39, 0.29) is 17.6 Å². The van der Waals surface area contributed by atoms with E-state index in [0.717, 1.165) is 5.56 Å². The second-order valence-electron chi connectivity index (χ2n) is 3.51. The summed E-state index contributed by atoms with van der Waals surface area (Å²) in [5.74, 6) is -0.321. The van der Waals surface area contributed by atoms with E-state index in [1.807, 2.05) is 0 Å². The average molecular weight is 292 g/mol. The lowest BCUT2D eigenvalue weighted by atomic mass is 10.0. The molecule has 8 heteroatoms. The van der Waals surface area contributed by atoms with Crippen LogP contribution in [0.15, 0.2) is 24.3 Å². The summed E-state index contributed by atoms with van der Waals surface area (Å²) in [4.78, 5) is 11.3. The summed E-state index contributed by atoms with van der Waals surface area (Å²) < 4.78 is 36.5. The van der Waals surface area contributed by atoms with E-state index in [4.69, 9.17) is 27.4 Å². The molecule has 0 aliphatic heterocycles. The Morgan fingerprint density at radius 3 is 2.05 bits per heavy atom. The molecule has 0 saturated carbocycles. The van der Waals surface area contributed by atoms with E-state index < -0.39 is 10.4 Å². The van der Waals surface area contributed by atoms with Crippen molar-refractivity contribution in [2.45, 2.75) is 19.8 Å². The predicted molar refractivity (Wildman–Crippen MR) is 67.3 cm³/mol. The number of hydrogen-bond acceptors (Lipinski definition) is 5. The summed E-state index contributed by atoms with van der Waals surface area (Å²) in [5.41, 5.74) is 0.848. The number of rotatable bonds is 3. The summed E-state index contributed by atoms with van der Waals surface area (Å²) in [5, 5.41) is 9.06. The normalized spacial score (nSPS) is 12.0. The molecule has 0 aromatic heterocycles. The van der Waals surface area contributed by atoms with Gasteiger partial charge in [-0.05, 0) is 31.5 Å². The van der Waals surface area contributed by atoms with Crippen LogP contribution < -0.4 is 0 Å². The summed E-state index contributed by atoms with van der Waals surface area (Å²) in [6.45, 7) is 3.95. The molecule has 0 heterocycles. The monoisotopic (exact) mass is 292 g/mol. The molecule has 3 N–H and O–H groups in total. The number of aromatic hydroxyl groups is 1.